The predicted molar refractivity (Wildman–Crippen MR) is 113 cm³/mol. The fourth-order valence-corrected chi connectivity index (χ4v) is 4.22. The van der Waals surface area contributed by atoms with Gasteiger partial charge in [0.15, 0.2) is 0 Å². The number of hydrogen-bond donors (Lipinski definition) is 1. The smallest absolute Gasteiger partial charge is 0.240 e. The average molecular weight is 427 g/mol. The Labute approximate surface area is 170 Å². The SMILES string of the molecule is Cc1cccc(N(CC(=O)NCCCSc2ccc(Cl)cc2)S(C)(=O)=O)c1. The number of carbonyl (C=O) groups excluding carboxylic acids is 1. The van der Waals surface area contributed by atoms with Crippen LogP contribution in [0.15, 0.2) is 53.4 Å². The van der Waals surface area contributed by atoms with E-state index in [1.165, 1.54) is 0 Å². The molecule has 5 nitrogen and oxygen atoms in total. The van der Waals surface area contributed by atoms with Crippen LogP contribution in [0.2, 0.25) is 5.02 Å². The lowest BCUT2D eigenvalue weighted by Crippen LogP contribution is -2.40. The van der Waals surface area contributed by atoms with E-state index < -0.39 is 10.0 Å². The highest BCUT2D eigenvalue weighted by Gasteiger charge is 2.20. The molecule has 0 fully saturated rings. The van der Waals surface area contributed by atoms with Crippen LogP contribution in [0.3, 0.4) is 0 Å². The standard InChI is InChI=1S/C19H23ClN2O3S2/c1-15-5-3-6-17(13-15)22(27(2,24)25)14-19(23)21-11-4-12-26-18-9-7-16(20)8-10-18/h3,5-10,13H,4,11-12,14H2,1-2H3,(H,21,23). The van der Waals surface area contributed by atoms with Crippen molar-refractivity contribution in [2.45, 2.75) is 18.2 Å². The lowest BCUT2D eigenvalue weighted by atomic mass is 10.2. The van der Waals surface area contributed by atoms with Gasteiger partial charge in [0.2, 0.25) is 15.9 Å². The van der Waals surface area contributed by atoms with E-state index in [1.54, 1.807) is 30.0 Å². The number of hydrogen-bond acceptors (Lipinski definition) is 4. The van der Waals surface area contributed by atoms with Gasteiger partial charge >= 0.3 is 0 Å². The fourth-order valence-electron chi connectivity index (χ4n) is 2.39. The van der Waals surface area contributed by atoms with Crippen molar-refractivity contribution in [1.29, 1.82) is 0 Å². The van der Waals surface area contributed by atoms with Crippen LogP contribution >= 0.6 is 23.4 Å². The molecule has 1 amide bonds. The molecule has 0 bridgehead atoms. The second-order valence-electron chi connectivity index (χ2n) is 6.11. The van der Waals surface area contributed by atoms with E-state index in [-0.39, 0.29) is 12.5 Å². The summed E-state index contributed by atoms with van der Waals surface area (Å²) >= 11 is 7.53. The number of nitrogens with zero attached hydrogens (tertiary/aromatic N) is 1. The third-order valence-electron chi connectivity index (χ3n) is 3.70. The van der Waals surface area contributed by atoms with Gasteiger partial charge in [-0.25, -0.2) is 8.42 Å². The van der Waals surface area contributed by atoms with Crippen LogP contribution < -0.4 is 9.62 Å². The first-order valence-electron chi connectivity index (χ1n) is 8.45. The highest BCUT2D eigenvalue weighted by atomic mass is 35.5. The Hall–Kier alpha value is -1.70. The molecular weight excluding hydrogens is 404 g/mol. The number of sulfonamides is 1. The van der Waals surface area contributed by atoms with Crippen LogP contribution in [0, 0.1) is 6.92 Å². The second-order valence-corrected chi connectivity index (χ2v) is 9.63. The lowest BCUT2D eigenvalue weighted by molar-refractivity contribution is -0.119. The van der Waals surface area contributed by atoms with Gasteiger partial charge in [0.1, 0.15) is 6.54 Å². The number of halogens is 1. The molecule has 0 spiro atoms. The van der Waals surface area contributed by atoms with Crippen molar-refractivity contribution in [3.05, 3.63) is 59.1 Å². The molecule has 0 aliphatic rings. The summed E-state index contributed by atoms with van der Waals surface area (Å²) in [7, 11) is -3.55. The van der Waals surface area contributed by atoms with Gasteiger partial charge in [0.25, 0.3) is 0 Å². The van der Waals surface area contributed by atoms with Crippen LogP contribution in [0.5, 0.6) is 0 Å². The Morgan fingerprint density at radius 1 is 1.19 bits per heavy atom. The van der Waals surface area contributed by atoms with Crippen LogP contribution in [-0.4, -0.2) is 39.4 Å². The monoisotopic (exact) mass is 426 g/mol. The lowest BCUT2D eigenvalue weighted by Gasteiger charge is -2.22. The van der Waals surface area contributed by atoms with E-state index in [1.807, 2.05) is 37.3 Å². The fraction of sp³-hybridized carbons (Fsp3) is 0.316. The number of anilines is 1. The Kier molecular flexibility index (Phi) is 8.01. The Morgan fingerprint density at radius 2 is 1.89 bits per heavy atom. The van der Waals surface area contributed by atoms with E-state index in [9.17, 15) is 13.2 Å². The normalized spacial score (nSPS) is 11.2. The van der Waals surface area contributed by atoms with E-state index in [2.05, 4.69) is 5.32 Å². The first-order chi connectivity index (χ1) is 12.8. The number of benzene rings is 2. The highest BCUT2D eigenvalue weighted by Crippen LogP contribution is 2.21. The minimum Gasteiger partial charge on any atom is -0.354 e. The van der Waals surface area contributed by atoms with Gasteiger partial charge in [0, 0.05) is 16.5 Å². The van der Waals surface area contributed by atoms with Crippen LogP contribution in [0.25, 0.3) is 0 Å². The minimum atomic E-state index is -3.55. The third-order valence-corrected chi connectivity index (χ3v) is 6.19. The van der Waals surface area contributed by atoms with Crippen molar-refractivity contribution >= 4 is 45.0 Å². The van der Waals surface area contributed by atoms with Crippen molar-refractivity contribution < 1.29 is 13.2 Å². The number of carbonyl (C=O) groups is 1. The molecule has 27 heavy (non-hydrogen) atoms. The molecule has 0 heterocycles. The van der Waals surface area contributed by atoms with Gasteiger partial charge in [-0.15, -0.1) is 11.8 Å². The summed E-state index contributed by atoms with van der Waals surface area (Å²) in [6, 6.07) is 14.7. The van der Waals surface area contributed by atoms with Crippen LogP contribution in [0.4, 0.5) is 5.69 Å². The topological polar surface area (TPSA) is 66.5 Å². The summed E-state index contributed by atoms with van der Waals surface area (Å²) < 4.78 is 25.3. The van der Waals surface area contributed by atoms with Crippen molar-refractivity contribution in [2.24, 2.45) is 0 Å². The summed E-state index contributed by atoms with van der Waals surface area (Å²) in [5, 5.41) is 3.49. The van der Waals surface area contributed by atoms with E-state index >= 15 is 0 Å². The number of amides is 1. The van der Waals surface area contributed by atoms with E-state index in [0.717, 1.165) is 33.2 Å². The van der Waals surface area contributed by atoms with Gasteiger partial charge < -0.3 is 5.32 Å². The molecule has 0 atom stereocenters. The largest absolute Gasteiger partial charge is 0.354 e. The third kappa shape index (κ3) is 7.44. The predicted octanol–water partition coefficient (Wildman–Crippen LogP) is 3.71. The molecule has 0 aromatic heterocycles. The molecule has 146 valence electrons. The quantitative estimate of drug-likeness (QED) is 0.490. The maximum Gasteiger partial charge on any atom is 0.240 e. The molecule has 8 heteroatoms. The number of nitrogens with one attached hydrogen (secondary N) is 1. The van der Waals surface area contributed by atoms with E-state index in [0.29, 0.717) is 17.3 Å². The first-order valence-corrected chi connectivity index (χ1v) is 11.7. The molecule has 2 rings (SSSR count). The zero-order valence-corrected chi connectivity index (χ0v) is 17.7. The molecule has 2 aromatic rings. The van der Waals surface area contributed by atoms with Crippen molar-refractivity contribution in [1.82, 2.24) is 5.32 Å². The number of thioether (sulfide) groups is 1. The molecule has 0 aliphatic carbocycles. The van der Waals surface area contributed by atoms with Gasteiger partial charge in [0.05, 0.1) is 11.9 Å². The molecule has 0 aliphatic heterocycles. The number of rotatable bonds is 9. The number of aryl methyl sites for hydroxylation is 1. The first kappa shape index (κ1) is 21.6. The molecule has 0 unspecified atom stereocenters. The van der Waals surface area contributed by atoms with Crippen molar-refractivity contribution in [2.75, 3.05) is 29.4 Å². The van der Waals surface area contributed by atoms with Gasteiger partial charge in [-0.05, 0) is 61.1 Å². The summed E-state index contributed by atoms with van der Waals surface area (Å²) in [5.74, 6) is 0.522. The maximum absolute atomic E-state index is 12.2. The van der Waals surface area contributed by atoms with Crippen molar-refractivity contribution in [3.63, 3.8) is 0 Å². The van der Waals surface area contributed by atoms with E-state index in [4.69, 9.17) is 11.6 Å². The molecule has 0 saturated carbocycles. The van der Waals surface area contributed by atoms with Gasteiger partial charge in [-0.1, -0.05) is 23.7 Å². The molecular formula is C19H23ClN2O3S2. The average Bonchev–Trinajstić information content (AvgIpc) is 2.60. The molecule has 2 aromatic carbocycles. The second kappa shape index (κ2) is 10.0. The van der Waals surface area contributed by atoms with Gasteiger partial charge in [-0.2, -0.15) is 0 Å². The Balaban J connectivity index is 1.81. The minimum absolute atomic E-state index is 0.230. The summed E-state index contributed by atoms with van der Waals surface area (Å²) in [6.07, 6.45) is 1.88. The summed E-state index contributed by atoms with van der Waals surface area (Å²) in [6.45, 7) is 2.14. The van der Waals surface area contributed by atoms with Crippen LogP contribution in [0.1, 0.15) is 12.0 Å². The summed E-state index contributed by atoms with van der Waals surface area (Å²) in [5.41, 5.74) is 1.42. The Bertz CT molecular complexity index is 871. The Morgan fingerprint density at radius 3 is 2.52 bits per heavy atom. The van der Waals surface area contributed by atoms with Crippen molar-refractivity contribution in [3.8, 4) is 0 Å². The molecule has 0 radical (unpaired) electrons. The summed E-state index contributed by atoms with van der Waals surface area (Å²) in [4.78, 5) is 13.3. The van der Waals surface area contributed by atoms with Crippen LogP contribution in [-0.2, 0) is 14.8 Å². The maximum atomic E-state index is 12.2. The molecule has 0 saturated heterocycles. The zero-order chi connectivity index (χ0) is 19.9. The zero-order valence-electron chi connectivity index (χ0n) is 15.3. The van der Waals surface area contributed by atoms with Gasteiger partial charge in [-0.3, -0.25) is 9.10 Å². The highest BCUT2D eigenvalue weighted by molar-refractivity contribution is 7.99. The molecule has 1 N–H and O–H groups in total.